The highest BCUT2D eigenvalue weighted by Gasteiger charge is 2.17. The van der Waals surface area contributed by atoms with Crippen LogP contribution in [0.5, 0.6) is 0 Å². The number of carbonyl (C=O) groups is 1. The van der Waals surface area contributed by atoms with Gasteiger partial charge in [-0.15, -0.1) is 0 Å². The van der Waals surface area contributed by atoms with E-state index in [-0.39, 0.29) is 5.78 Å². The number of aryl methyl sites for hydroxylation is 1. The van der Waals surface area contributed by atoms with Gasteiger partial charge in [0, 0.05) is 23.9 Å². The van der Waals surface area contributed by atoms with Crippen LogP contribution < -0.4 is 4.57 Å². The van der Waals surface area contributed by atoms with Crippen molar-refractivity contribution in [1.82, 2.24) is 4.98 Å². The molecule has 0 unspecified atom stereocenters. The lowest BCUT2D eigenvalue weighted by Gasteiger charge is -2.03. The van der Waals surface area contributed by atoms with E-state index in [1.165, 1.54) is 0 Å². The van der Waals surface area contributed by atoms with E-state index in [0.29, 0.717) is 6.54 Å². The van der Waals surface area contributed by atoms with E-state index in [1.807, 2.05) is 78.4 Å². The molecule has 3 nitrogen and oxygen atoms in total. The van der Waals surface area contributed by atoms with E-state index in [0.717, 1.165) is 22.5 Å². The number of aromatic nitrogens is 2. The lowest BCUT2D eigenvalue weighted by molar-refractivity contribution is -0.672. The minimum atomic E-state index is 0.0911. The van der Waals surface area contributed by atoms with E-state index in [9.17, 15) is 4.79 Å². The summed E-state index contributed by atoms with van der Waals surface area (Å²) in [6, 6.07) is 19.3. The summed E-state index contributed by atoms with van der Waals surface area (Å²) < 4.78 is 1.94. The normalized spacial score (nSPS) is 10.4. The zero-order valence-corrected chi connectivity index (χ0v) is 12.4. The van der Waals surface area contributed by atoms with Gasteiger partial charge in [0.1, 0.15) is 5.69 Å². The Kier molecular flexibility index (Phi) is 4.05. The number of nitrogens with zero attached hydrogens (tertiary/aromatic N) is 2. The molecule has 3 heteroatoms. The van der Waals surface area contributed by atoms with E-state index in [2.05, 4.69) is 4.98 Å². The molecular weight excluding hydrogens is 272 g/mol. The molecule has 108 valence electrons. The Morgan fingerprint density at radius 2 is 1.77 bits per heavy atom. The smallest absolute Gasteiger partial charge is 0.231 e. The molecule has 0 bridgehead atoms. The zero-order valence-electron chi connectivity index (χ0n) is 12.4. The van der Waals surface area contributed by atoms with Gasteiger partial charge in [0.15, 0.2) is 6.20 Å². The average molecular weight is 289 g/mol. The molecule has 1 aromatic carbocycles. The maximum absolute atomic E-state index is 12.5. The van der Waals surface area contributed by atoms with Crippen molar-refractivity contribution >= 4 is 5.78 Å². The van der Waals surface area contributed by atoms with Gasteiger partial charge in [0.2, 0.25) is 18.0 Å². The van der Waals surface area contributed by atoms with Crippen LogP contribution in [-0.4, -0.2) is 10.8 Å². The Morgan fingerprint density at radius 3 is 2.50 bits per heavy atom. The van der Waals surface area contributed by atoms with Gasteiger partial charge < -0.3 is 0 Å². The maximum Gasteiger partial charge on any atom is 0.231 e. The zero-order chi connectivity index (χ0) is 15.4. The molecule has 0 fully saturated rings. The van der Waals surface area contributed by atoms with Crippen molar-refractivity contribution in [3.63, 3.8) is 0 Å². The van der Waals surface area contributed by atoms with Crippen molar-refractivity contribution in [2.75, 3.05) is 0 Å². The summed E-state index contributed by atoms with van der Waals surface area (Å²) in [7, 11) is 0. The van der Waals surface area contributed by atoms with Gasteiger partial charge in [0.25, 0.3) is 0 Å². The van der Waals surface area contributed by atoms with Crippen LogP contribution in [0, 0.1) is 6.92 Å². The Balaban J connectivity index is 1.90. The predicted molar refractivity (Wildman–Crippen MR) is 85.4 cm³/mol. The van der Waals surface area contributed by atoms with Gasteiger partial charge in [-0.3, -0.25) is 4.79 Å². The molecule has 2 aromatic heterocycles. The fourth-order valence-electron chi connectivity index (χ4n) is 2.35. The van der Waals surface area contributed by atoms with Crippen molar-refractivity contribution in [2.45, 2.75) is 13.5 Å². The Labute approximate surface area is 129 Å². The highest BCUT2D eigenvalue weighted by atomic mass is 16.1. The fraction of sp³-hybridized carbons (Fsp3) is 0.105. The van der Waals surface area contributed by atoms with E-state index in [4.69, 9.17) is 0 Å². The number of hydrogen-bond acceptors (Lipinski definition) is 2. The van der Waals surface area contributed by atoms with Crippen molar-refractivity contribution in [3.8, 4) is 11.4 Å². The third kappa shape index (κ3) is 3.09. The number of hydrogen-bond donors (Lipinski definition) is 0. The molecule has 2 heterocycles. The van der Waals surface area contributed by atoms with Crippen molar-refractivity contribution in [2.24, 2.45) is 0 Å². The molecule has 22 heavy (non-hydrogen) atoms. The molecular formula is C19H17N2O+. The Morgan fingerprint density at radius 1 is 1.00 bits per heavy atom. The van der Waals surface area contributed by atoms with Gasteiger partial charge in [-0.05, 0) is 25.1 Å². The summed E-state index contributed by atoms with van der Waals surface area (Å²) in [4.78, 5) is 16.8. The molecule has 0 saturated carbocycles. The monoisotopic (exact) mass is 289 g/mol. The van der Waals surface area contributed by atoms with Crippen LogP contribution in [0.15, 0.2) is 73.1 Å². The molecule has 0 amide bonds. The second-order valence-corrected chi connectivity index (χ2v) is 5.22. The van der Waals surface area contributed by atoms with Crippen LogP contribution >= 0.6 is 0 Å². The summed E-state index contributed by atoms with van der Waals surface area (Å²) in [5.74, 6) is 0.0911. The summed E-state index contributed by atoms with van der Waals surface area (Å²) in [5.41, 5.74) is 3.68. The third-order valence-electron chi connectivity index (χ3n) is 3.56. The van der Waals surface area contributed by atoms with E-state index < -0.39 is 0 Å². The van der Waals surface area contributed by atoms with Gasteiger partial charge in [-0.25, -0.2) is 4.98 Å². The fourth-order valence-corrected chi connectivity index (χ4v) is 2.35. The molecule has 0 aliphatic rings. The number of Topliss-reactive ketones (excluding diaryl/α,β-unsaturated/α-hetero) is 1. The summed E-state index contributed by atoms with van der Waals surface area (Å²) >= 11 is 0. The second kappa shape index (κ2) is 6.31. The SMILES string of the molecule is Cc1ccc(C(=O)C[n+]2ccccc2-c2ccccn2)cc1. The molecule has 0 radical (unpaired) electrons. The minimum absolute atomic E-state index is 0.0911. The van der Waals surface area contributed by atoms with Crippen molar-refractivity contribution in [3.05, 3.63) is 84.2 Å². The molecule has 0 aliphatic heterocycles. The van der Waals surface area contributed by atoms with Crippen LogP contribution in [0.3, 0.4) is 0 Å². The average Bonchev–Trinajstić information content (AvgIpc) is 2.57. The Bertz CT molecular complexity index is 780. The number of rotatable bonds is 4. The first-order valence-electron chi connectivity index (χ1n) is 7.24. The van der Waals surface area contributed by atoms with Crippen LogP contribution in [0.4, 0.5) is 0 Å². The molecule has 0 atom stereocenters. The lowest BCUT2D eigenvalue weighted by Crippen LogP contribution is -2.39. The summed E-state index contributed by atoms with van der Waals surface area (Å²) in [6.07, 6.45) is 3.67. The highest BCUT2D eigenvalue weighted by molar-refractivity contribution is 5.95. The molecule has 0 saturated heterocycles. The first-order chi connectivity index (χ1) is 10.7. The van der Waals surface area contributed by atoms with Gasteiger partial charge in [-0.2, -0.15) is 4.57 Å². The molecule has 0 spiro atoms. The number of carbonyl (C=O) groups excluding carboxylic acids is 1. The number of pyridine rings is 2. The predicted octanol–water partition coefficient (Wildman–Crippen LogP) is 3.23. The van der Waals surface area contributed by atoms with Gasteiger partial charge in [-0.1, -0.05) is 35.9 Å². The molecule has 3 rings (SSSR count). The highest BCUT2D eigenvalue weighted by Crippen LogP contribution is 2.11. The first kappa shape index (κ1) is 14.1. The molecule has 0 N–H and O–H groups in total. The van der Waals surface area contributed by atoms with Crippen LogP contribution in [0.1, 0.15) is 15.9 Å². The number of benzene rings is 1. The lowest BCUT2D eigenvalue weighted by atomic mass is 10.1. The third-order valence-corrected chi connectivity index (χ3v) is 3.56. The minimum Gasteiger partial charge on any atom is -0.287 e. The van der Waals surface area contributed by atoms with Crippen LogP contribution in [-0.2, 0) is 6.54 Å². The summed E-state index contributed by atoms with van der Waals surface area (Å²) in [6.45, 7) is 2.31. The van der Waals surface area contributed by atoms with Crippen LogP contribution in [0.2, 0.25) is 0 Å². The quantitative estimate of drug-likeness (QED) is 0.546. The standard InChI is InChI=1S/C19H17N2O/c1-15-8-10-16(11-9-15)19(22)14-21-13-5-3-7-18(21)17-6-2-4-12-20-17/h2-13H,14H2,1H3/q+1. The molecule has 0 aliphatic carbocycles. The van der Waals surface area contributed by atoms with Gasteiger partial charge in [0.05, 0.1) is 0 Å². The topological polar surface area (TPSA) is 33.8 Å². The Hall–Kier alpha value is -2.81. The van der Waals surface area contributed by atoms with E-state index in [1.54, 1.807) is 6.20 Å². The molecule has 3 aromatic rings. The second-order valence-electron chi connectivity index (χ2n) is 5.22. The van der Waals surface area contributed by atoms with E-state index >= 15 is 0 Å². The largest absolute Gasteiger partial charge is 0.287 e. The van der Waals surface area contributed by atoms with Crippen LogP contribution in [0.25, 0.3) is 11.4 Å². The van der Waals surface area contributed by atoms with Crippen molar-refractivity contribution in [1.29, 1.82) is 0 Å². The first-order valence-corrected chi connectivity index (χ1v) is 7.24. The number of ketones is 1. The maximum atomic E-state index is 12.5. The van der Waals surface area contributed by atoms with Crippen molar-refractivity contribution < 1.29 is 9.36 Å². The van der Waals surface area contributed by atoms with Gasteiger partial charge >= 0.3 is 0 Å². The summed E-state index contributed by atoms with van der Waals surface area (Å²) in [5, 5.41) is 0.